The van der Waals surface area contributed by atoms with E-state index in [9.17, 15) is 19.0 Å². The highest BCUT2D eigenvalue weighted by atomic mass is 31.2. The number of carbonyl (C=O) groups excluding carboxylic acids is 2. The molecular weight excluding hydrogens is 543 g/mol. The third-order valence-corrected chi connectivity index (χ3v) is 7.59. The van der Waals surface area contributed by atoms with Gasteiger partial charge in [0, 0.05) is 20.0 Å². The van der Waals surface area contributed by atoms with Gasteiger partial charge in [0.1, 0.15) is 6.61 Å². The Kier molecular flexibility index (Phi) is 27.6. The lowest BCUT2D eigenvalue weighted by Crippen LogP contribution is -2.29. The lowest BCUT2D eigenvalue weighted by atomic mass is 10.1. The molecule has 0 aliphatic rings. The van der Waals surface area contributed by atoms with Gasteiger partial charge in [-0.15, -0.1) is 0 Å². The van der Waals surface area contributed by atoms with Gasteiger partial charge in [-0.3, -0.25) is 18.6 Å². The van der Waals surface area contributed by atoms with Crippen LogP contribution < -0.4 is 0 Å². The van der Waals surface area contributed by atoms with E-state index in [1.807, 2.05) is 0 Å². The van der Waals surface area contributed by atoms with Crippen LogP contribution in [0.25, 0.3) is 0 Å². The van der Waals surface area contributed by atoms with Gasteiger partial charge in [-0.05, 0) is 57.8 Å². The van der Waals surface area contributed by atoms with E-state index in [1.165, 1.54) is 32.1 Å². The van der Waals surface area contributed by atoms with Crippen molar-refractivity contribution >= 4 is 19.8 Å². The summed E-state index contributed by atoms with van der Waals surface area (Å²) in [6.07, 6.45) is 28.1. The van der Waals surface area contributed by atoms with Crippen molar-refractivity contribution in [3.8, 4) is 0 Å². The molecule has 1 N–H and O–H groups in total. The van der Waals surface area contributed by atoms with Crippen molar-refractivity contribution in [1.29, 1.82) is 0 Å². The van der Waals surface area contributed by atoms with Crippen LogP contribution in [-0.2, 0) is 32.7 Å². The standard InChI is InChI=1S/C32H59O8P/c1-4-6-8-10-12-14-16-17-19-21-23-25-27-32(34)40-30(29-39-41(35,36)37-3)28-38-31(33)26-24-22-20-18-15-13-11-9-7-5-2/h9,11-12,14,30H,4-8,10,13,15-29H2,1-3H3,(H,35,36)/b11-9-,14-12-. The first-order valence-corrected chi connectivity index (χ1v) is 17.5. The van der Waals surface area contributed by atoms with Gasteiger partial charge in [0.2, 0.25) is 0 Å². The van der Waals surface area contributed by atoms with Gasteiger partial charge < -0.3 is 14.4 Å². The zero-order chi connectivity index (χ0) is 30.4. The second-order valence-electron chi connectivity index (χ2n) is 10.6. The quantitative estimate of drug-likeness (QED) is 0.0391. The number of carbonyl (C=O) groups is 2. The number of hydrogen-bond acceptors (Lipinski definition) is 7. The fraction of sp³-hybridized carbons (Fsp3) is 0.812. The minimum Gasteiger partial charge on any atom is -0.462 e. The van der Waals surface area contributed by atoms with Crippen molar-refractivity contribution in [2.75, 3.05) is 20.3 Å². The largest absolute Gasteiger partial charge is 0.472 e. The van der Waals surface area contributed by atoms with Crippen molar-refractivity contribution < 1.29 is 37.6 Å². The van der Waals surface area contributed by atoms with Crippen LogP contribution in [0.15, 0.2) is 24.3 Å². The van der Waals surface area contributed by atoms with Crippen molar-refractivity contribution in [3.05, 3.63) is 24.3 Å². The van der Waals surface area contributed by atoms with Gasteiger partial charge in [-0.2, -0.15) is 0 Å². The minimum absolute atomic E-state index is 0.232. The van der Waals surface area contributed by atoms with E-state index in [0.29, 0.717) is 6.42 Å². The number of ether oxygens (including phenoxy) is 2. The van der Waals surface area contributed by atoms with Crippen LogP contribution in [0.5, 0.6) is 0 Å². The van der Waals surface area contributed by atoms with Gasteiger partial charge in [0.15, 0.2) is 6.10 Å². The Morgan fingerprint density at radius 2 is 1.15 bits per heavy atom. The molecule has 9 heteroatoms. The predicted octanol–water partition coefficient (Wildman–Crippen LogP) is 9.16. The van der Waals surface area contributed by atoms with Crippen molar-refractivity contribution in [2.24, 2.45) is 0 Å². The van der Waals surface area contributed by atoms with Crippen LogP contribution in [0.2, 0.25) is 0 Å². The van der Waals surface area contributed by atoms with Crippen molar-refractivity contribution in [2.45, 2.75) is 148 Å². The fourth-order valence-corrected chi connectivity index (χ4v) is 4.58. The summed E-state index contributed by atoms with van der Waals surface area (Å²) in [4.78, 5) is 34.1. The Hall–Kier alpha value is -1.47. The first-order valence-electron chi connectivity index (χ1n) is 16.0. The molecule has 0 aromatic heterocycles. The first-order chi connectivity index (χ1) is 19.8. The van der Waals surface area contributed by atoms with Crippen molar-refractivity contribution in [3.63, 3.8) is 0 Å². The second kappa shape index (κ2) is 28.6. The number of rotatable bonds is 29. The molecule has 0 aliphatic heterocycles. The summed E-state index contributed by atoms with van der Waals surface area (Å²) in [5.41, 5.74) is 0. The topological polar surface area (TPSA) is 108 Å². The van der Waals surface area contributed by atoms with Gasteiger partial charge in [-0.1, -0.05) is 95.9 Å². The zero-order valence-electron chi connectivity index (χ0n) is 26.2. The van der Waals surface area contributed by atoms with E-state index < -0.39 is 26.5 Å². The first kappa shape index (κ1) is 39.5. The summed E-state index contributed by atoms with van der Waals surface area (Å²) >= 11 is 0. The maximum atomic E-state index is 12.4. The molecule has 0 bridgehead atoms. The number of unbranched alkanes of at least 4 members (excludes halogenated alkanes) is 14. The molecule has 2 atom stereocenters. The molecule has 0 aromatic rings. The van der Waals surface area contributed by atoms with E-state index >= 15 is 0 Å². The number of esters is 2. The summed E-state index contributed by atoms with van der Waals surface area (Å²) in [6.45, 7) is 3.75. The Morgan fingerprint density at radius 1 is 0.659 bits per heavy atom. The molecule has 0 amide bonds. The molecule has 0 rings (SSSR count). The average molecular weight is 603 g/mol. The highest BCUT2D eigenvalue weighted by Gasteiger charge is 2.24. The summed E-state index contributed by atoms with van der Waals surface area (Å²) in [5.74, 6) is -0.831. The fourth-order valence-electron chi connectivity index (χ4n) is 4.12. The molecule has 41 heavy (non-hydrogen) atoms. The third-order valence-electron chi connectivity index (χ3n) is 6.65. The van der Waals surface area contributed by atoms with Gasteiger partial charge >= 0.3 is 19.8 Å². The Labute approximate surface area is 250 Å². The maximum absolute atomic E-state index is 12.4. The van der Waals surface area contributed by atoms with Crippen LogP contribution in [0.1, 0.15) is 142 Å². The SMILES string of the molecule is CCC/C=C\CCCCCCCC(=O)OCC(COP(=O)(O)OC)OC(=O)CCCCCCC/C=C\CCCCC. The molecular formula is C32H59O8P. The summed E-state index contributed by atoms with van der Waals surface area (Å²) < 4.78 is 31.6. The predicted molar refractivity (Wildman–Crippen MR) is 166 cm³/mol. The molecule has 2 unspecified atom stereocenters. The minimum atomic E-state index is -4.25. The van der Waals surface area contributed by atoms with Crippen LogP contribution in [0.4, 0.5) is 0 Å². The van der Waals surface area contributed by atoms with Crippen LogP contribution in [-0.4, -0.2) is 43.3 Å². The number of allylic oxidation sites excluding steroid dienone is 4. The lowest BCUT2D eigenvalue weighted by Gasteiger charge is -2.19. The molecule has 0 heterocycles. The van der Waals surface area contributed by atoms with Gasteiger partial charge in [0.05, 0.1) is 6.61 Å². The molecule has 0 spiro atoms. The Balaban J connectivity index is 4.18. The van der Waals surface area contributed by atoms with E-state index in [4.69, 9.17) is 14.0 Å². The summed E-state index contributed by atoms with van der Waals surface area (Å²) in [5, 5.41) is 0. The average Bonchev–Trinajstić information content (AvgIpc) is 2.96. The highest BCUT2D eigenvalue weighted by Crippen LogP contribution is 2.42. The zero-order valence-corrected chi connectivity index (χ0v) is 27.1. The van der Waals surface area contributed by atoms with Crippen LogP contribution in [0.3, 0.4) is 0 Å². The molecule has 0 aliphatic carbocycles. The molecule has 0 saturated carbocycles. The maximum Gasteiger partial charge on any atom is 0.472 e. The normalized spacial score (nSPS) is 14.0. The smallest absolute Gasteiger partial charge is 0.462 e. The number of phosphoric ester groups is 1. The molecule has 0 radical (unpaired) electrons. The Morgan fingerprint density at radius 3 is 1.68 bits per heavy atom. The molecule has 0 aromatic carbocycles. The molecule has 0 saturated heterocycles. The lowest BCUT2D eigenvalue weighted by molar-refractivity contribution is -0.161. The number of hydrogen-bond donors (Lipinski definition) is 1. The Bertz CT molecular complexity index is 737. The van der Waals surface area contributed by atoms with E-state index in [2.05, 4.69) is 42.7 Å². The molecule has 240 valence electrons. The monoisotopic (exact) mass is 602 g/mol. The summed E-state index contributed by atoms with van der Waals surface area (Å²) in [7, 11) is -3.20. The van der Waals surface area contributed by atoms with Crippen LogP contribution >= 0.6 is 7.82 Å². The number of phosphoric acid groups is 1. The summed E-state index contributed by atoms with van der Waals surface area (Å²) in [6, 6.07) is 0. The van der Waals surface area contributed by atoms with Crippen molar-refractivity contribution in [1.82, 2.24) is 0 Å². The third kappa shape index (κ3) is 28.4. The highest BCUT2D eigenvalue weighted by molar-refractivity contribution is 7.47. The van der Waals surface area contributed by atoms with Crippen LogP contribution in [0, 0.1) is 0 Å². The molecule has 0 fully saturated rings. The van der Waals surface area contributed by atoms with E-state index in [0.717, 1.165) is 84.2 Å². The van der Waals surface area contributed by atoms with Gasteiger partial charge in [0.25, 0.3) is 0 Å². The van der Waals surface area contributed by atoms with E-state index in [1.54, 1.807) is 0 Å². The molecule has 8 nitrogen and oxygen atoms in total. The second-order valence-corrected chi connectivity index (χ2v) is 12.1. The van der Waals surface area contributed by atoms with E-state index in [-0.39, 0.29) is 25.4 Å². The van der Waals surface area contributed by atoms with Gasteiger partial charge in [-0.25, -0.2) is 4.57 Å².